The van der Waals surface area contributed by atoms with Gasteiger partial charge in [0.05, 0.1) is 17.4 Å². The number of rotatable bonds is 4. The standard InChI is InChI=1S/C21H31N3O3/c1-13-2-17(23-22-13)4-16-10-24(11-18(16)25)19(26)9-20-5-14-3-15(6-20)8-21(27,7-14)12-20/h2,14-16,18,25,27H,3-12H2,1H3,(H,22,23)/t14?,15?,16-,18+,20?,21?/m1/s1. The van der Waals surface area contributed by atoms with Crippen LogP contribution in [0.15, 0.2) is 6.07 Å². The van der Waals surface area contributed by atoms with Crippen LogP contribution in [0, 0.1) is 30.1 Å². The number of aryl methyl sites for hydroxylation is 1. The fourth-order valence-electron chi connectivity index (χ4n) is 7.15. The van der Waals surface area contributed by atoms with Crippen molar-refractivity contribution in [1.82, 2.24) is 15.1 Å². The summed E-state index contributed by atoms with van der Waals surface area (Å²) in [6, 6.07) is 2.01. The van der Waals surface area contributed by atoms with Crippen molar-refractivity contribution in [3.05, 3.63) is 17.5 Å². The van der Waals surface area contributed by atoms with Crippen molar-refractivity contribution in [2.75, 3.05) is 13.1 Å². The van der Waals surface area contributed by atoms with Crippen LogP contribution in [-0.4, -0.2) is 56.0 Å². The molecule has 1 saturated heterocycles. The van der Waals surface area contributed by atoms with Crippen LogP contribution >= 0.6 is 0 Å². The topological polar surface area (TPSA) is 89.5 Å². The van der Waals surface area contributed by atoms with Crippen molar-refractivity contribution < 1.29 is 15.0 Å². The molecule has 1 aliphatic heterocycles. The second-order valence-electron chi connectivity index (χ2n) is 10.2. The van der Waals surface area contributed by atoms with Gasteiger partial charge in [-0.25, -0.2) is 0 Å². The molecule has 2 heterocycles. The lowest BCUT2D eigenvalue weighted by Gasteiger charge is -2.60. The number of aliphatic hydroxyl groups excluding tert-OH is 1. The molecule has 4 saturated carbocycles. The van der Waals surface area contributed by atoms with Gasteiger partial charge >= 0.3 is 0 Å². The number of aromatic nitrogens is 2. The smallest absolute Gasteiger partial charge is 0.223 e. The molecule has 3 N–H and O–H groups in total. The fourth-order valence-corrected chi connectivity index (χ4v) is 7.15. The normalized spacial score (nSPS) is 42.9. The average molecular weight is 373 g/mol. The van der Waals surface area contributed by atoms with E-state index in [0.717, 1.165) is 43.5 Å². The van der Waals surface area contributed by atoms with Crippen LogP contribution in [0.3, 0.4) is 0 Å². The van der Waals surface area contributed by atoms with Gasteiger partial charge < -0.3 is 15.1 Å². The quantitative estimate of drug-likeness (QED) is 0.751. The van der Waals surface area contributed by atoms with Gasteiger partial charge in [-0.1, -0.05) is 0 Å². The lowest BCUT2D eigenvalue weighted by Crippen LogP contribution is -2.56. The summed E-state index contributed by atoms with van der Waals surface area (Å²) >= 11 is 0. The van der Waals surface area contributed by atoms with Crippen LogP contribution in [0.25, 0.3) is 0 Å². The Kier molecular flexibility index (Phi) is 3.96. The number of hydrogen-bond acceptors (Lipinski definition) is 4. The molecule has 6 rings (SSSR count). The maximum absolute atomic E-state index is 13.1. The predicted molar refractivity (Wildman–Crippen MR) is 99.8 cm³/mol. The molecule has 0 spiro atoms. The number of hydrogen-bond donors (Lipinski definition) is 3. The largest absolute Gasteiger partial charge is 0.391 e. The van der Waals surface area contributed by atoms with Gasteiger partial charge in [-0.2, -0.15) is 5.10 Å². The molecule has 148 valence electrons. The Morgan fingerprint density at radius 1 is 1.30 bits per heavy atom. The highest BCUT2D eigenvalue weighted by molar-refractivity contribution is 5.77. The summed E-state index contributed by atoms with van der Waals surface area (Å²) < 4.78 is 0. The Labute approximate surface area is 160 Å². The van der Waals surface area contributed by atoms with Gasteiger partial charge in [-0.05, 0) is 75.2 Å². The van der Waals surface area contributed by atoms with Gasteiger partial charge in [0.2, 0.25) is 5.91 Å². The minimum atomic E-state index is -0.519. The van der Waals surface area contributed by atoms with Gasteiger partial charge in [-0.15, -0.1) is 0 Å². The number of nitrogens with zero attached hydrogens (tertiary/aromatic N) is 2. The summed E-state index contributed by atoms with van der Waals surface area (Å²) in [5.74, 6) is 1.42. The van der Waals surface area contributed by atoms with Gasteiger partial charge in [0, 0.05) is 31.1 Å². The summed E-state index contributed by atoms with van der Waals surface area (Å²) in [6.45, 7) is 3.01. The van der Waals surface area contributed by atoms with Crippen LogP contribution in [0.5, 0.6) is 0 Å². The molecule has 6 heteroatoms. The molecule has 0 radical (unpaired) electrons. The number of carbonyl (C=O) groups excluding carboxylic acids is 1. The first kappa shape index (κ1) is 17.7. The van der Waals surface area contributed by atoms with Crippen molar-refractivity contribution in [2.45, 2.75) is 70.0 Å². The Morgan fingerprint density at radius 2 is 2.04 bits per heavy atom. The first-order valence-corrected chi connectivity index (χ1v) is 10.5. The van der Waals surface area contributed by atoms with Crippen molar-refractivity contribution in [3.63, 3.8) is 0 Å². The number of aromatic amines is 1. The summed E-state index contributed by atoms with van der Waals surface area (Å²) in [6.07, 6.45) is 6.88. The van der Waals surface area contributed by atoms with E-state index in [9.17, 15) is 15.0 Å². The molecule has 27 heavy (non-hydrogen) atoms. The molecule has 4 bridgehead atoms. The van der Waals surface area contributed by atoms with Crippen LogP contribution < -0.4 is 0 Å². The summed E-state index contributed by atoms with van der Waals surface area (Å²) in [5.41, 5.74) is 1.45. The maximum atomic E-state index is 13.1. The number of β-amino-alcohol motifs (C(OH)–C–C–N with tert-alkyl or cyclic N) is 1. The molecule has 0 aromatic carbocycles. The molecule has 5 fully saturated rings. The highest BCUT2D eigenvalue weighted by Crippen LogP contribution is 2.62. The Balaban J connectivity index is 1.24. The maximum Gasteiger partial charge on any atom is 0.223 e. The highest BCUT2D eigenvalue weighted by atomic mass is 16.3. The third-order valence-electron chi connectivity index (χ3n) is 7.67. The fraction of sp³-hybridized carbons (Fsp3) is 0.810. The van der Waals surface area contributed by atoms with Crippen molar-refractivity contribution >= 4 is 5.91 Å². The molecule has 2 unspecified atom stereocenters. The number of likely N-dealkylation sites (tertiary alicyclic amines) is 1. The van der Waals surface area contributed by atoms with Crippen molar-refractivity contribution in [3.8, 4) is 0 Å². The zero-order chi connectivity index (χ0) is 18.8. The zero-order valence-electron chi connectivity index (χ0n) is 16.2. The van der Waals surface area contributed by atoms with Crippen LogP contribution in [0.4, 0.5) is 0 Å². The molecule has 1 amide bonds. The Morgan fingerprint density at radius 3 is 2.67 bits per heavy atom. The molecule has 1 aromatic rings. The van der Waals surface area contributed by atoms with Crippen LogP contribution in [0.2, 0.25) is 0 Å². The van der Waals surface area contributed by atoms with Crippen LogP contribution in [-0.2, 0) is 11.2 Å². The van der Waals surface area contributed by atoms with E-state index in [0.29, 0.717) is 37.8 Å². The van der Waals surface area contributed by atoms with Crippen LogP contribution in [0.1, 0.15) is 56.3 Å². The number of carbonyl (C=O) groups is 1. The summed E-state index contributed by atoms with van der Waals surface area (Å²) in [4.78, 5) is 15.0. The molecule has 1 aromatic heterocycles. The van der Waals surface area contributed by atoms with Crippen molar-refractivity contribution in [2.24, 2.45) is 23.2 Å². The Hall–Kier alpha value is -1.40. The average Bonchev–Trinajstić information content (AvgIpc) is 3.11. The molecular weight excluding hydrogens is 342 g/mol. The van der Waals surface area contributed by atoms with Gasteiger partial charge in [-0.3, -0.25) is 9.89 Å². The molecule has 4 atom stereocenters. The first-order chi connectivity index (χ1) is 12.8. The van der Waals surface area contributed by atoms with E-state index in [1.165, 1.54) is 6.42 Å². The van der Waals surface area contributed by atoms with Gasteiger partial charge in [0.1, 0.15) is 0 Å². The predicted octanol–water partition coefficient (Wildman–Crippen LogP) is 1.80. The second kappa shape index (κ2) is 6.05. The third-order valence-corrected chi connectivity index (χ3v) is 7.67. The molecule has 5 aliphatic rings. The Bertz CT molecular complexity index is 731. The summed E-state index contributed by atoms with van der Waals surface area (Å²) in [5, 5.41) is 28.6. The van der Waals surface area contributed by atoms with Gasteiger partial charge in [0.25, 0.3) is 0 Å². The summed E-state index contributed by atoms with van der Waals surface area (Å²) in [7, 11) is 0. The van der Waals surface area contributed by atoms with Gasteiger partial charge in [0.15, 0.2) is 0 Å². The van der Waals surface area contributed by atoms with E-state index in [1.54, 1.807) is 0 Å². The van der Waals surface area contributed by atoms with E-state index in [2.05, 4.69) is 10.2 Å². The lowest BCUT2D eigenvalue weighted by atomic mass is 9.47. The lowest BCUT2D eigenvalue weighted by molar-refractivity contribution is -0.171. The van der Waals surface area contributed by atoms with E-state index in [4.69, 9.17) is 0 Å². The number of nitrogens with one attached hydrogen (secondary N) is 1. The highest BCUT2D eigenvalue weighted by Gasteiger charge is 2.57. The second-order valence-corrected chi connectivity index (χ2v) is 10.2. The SMILES string of the molecule is Cc1cc(C[C@@H]2CN(C(=O)CC34CC5CC(CC(O)(C5)C3)C4)C[C@@H]2O)n[nH]1. The minimum Gasteiger partial charge on any atom is -0.391 e. The van der Waals surface area contributed by atoms with Crippen molar-refractivity contribution in [1.29, 1.82) is 0 Å². The molecule has 6 nitrogen and oxygen atoms in total. The number of amides is 1. The number of aliphatic hydroxyl groups is 2. The minimum absolute atomic E-state index is 0.00172. The van der Waals surface area contributed by atoms with E-state index < -0.39 is 11.7 Å². The van der Waals surface area contributed by atoms with E-state index in [-0.39, 0.29) is 17.2 Å². The molecule has 4 aliphatic carbocycles. The monoisotopic (exact) mass is 373 g/mol. The zero-order valence-corrected chi connectivity index (χ0v) is 16.2. The van der Waals surface area contributed by atoms with E-state index in [1.807, 2.05) is 17.9 Å². The molecular formula is C21H31N3O3. The third kappa shape index (κ3) is 3.21. The number of H-pyrrole nitrogens is 1. The first-order valence-electron chi connectivity index (χ1n) is 10.5. The van der Waals surface area contributed by atoms with E-state index >= 15 is 0 Å².